The minimum atomic E-state index is -0.346. The molecule has 8 heteroatoms. The van der Waals surface area contributed by atoms with Crippen molar-refractivity contribution in [3.8, 4) is 11.3 Å². The molecule has 0 bridgehead atoms. The van der Waals surface area contributed by atoms with Gasteiger partial charge in [0.1, 0.15) is 6.10 Å². The van der Waals surface area contributed by atoms with Gasteiger partial charge in [-0.25, -0.2) is 4.98 Å². The highest BCUT2D eigenvalue weighted by Gasteiger charge is 2.34. The van der Waals surface area contributed by atoms with Crippen LogP contribution in [0.15, 0.2) is 6.20 Å². The number of rotatable bonds is 4. The predicted molar refractivity (Wildman–Crippen MR) is 102 cm³/mol. The highest BCUT2D eigenvalue weighted by molar-refractivity contribution is 7.16. The first-order valence-electron chi connectivity index (χ1n) is 9.76. The molecule has 0 N–H and O–H groups in total. The highest BCUT2D eigenvalue weighted by atomic mass is 32.1. The summed E-state index contributed by atoms with van der Waals surface area (Å²) in [6.07, 6.45) is 7.33. The second-order valence-corrected chi connectivity index (χ2v) is 8.54. The van der Waals surface area contributed by atoms with Gasteiger partial charge in [0.15, 0.2) is 5.13 Å². The average molecular weight is 388 g/mol. The monoisotopic (exact) mass is 388 g/mol. The number of aromatic nitrogens is 3. The molecular weight excluding hydrogens is 364 g/mol. The van der Waals surface area contributed by atoms with Crippen molar-refractivity contribution in [2.45, 2.75) is 50.7 Å². The first-order chi connectivity index (χ1) is 13.2. The van der Waals surface area contributed by atoms with Gasteiger partial charge in [-0.05, 0) is 38.5 Å². The van der Waals surface area contributed by atoms with E-state index in [1.54, 1.807) is 11.3 Å². The standard InChI is InChI=1S/C19H24N4O3S/c1-22-14-6-7-16-17(13(14)10-20-22)21-19(27-16)23(11-12-4-2-8-25-12)18(24)15-5-3-9-26-15/h10,12,15H,2-9,11H2,1H3/t12-,15+/m0/s1. The van der Waals surface area contributed by atoms with Gasteiger partial charge in [0.25, 0.3) is 5.91 Å². The van der Waals surface area contributed by atoms with Crippen LogP contribution in [0.4, 0.5) is 5.13 Å². The summed E-state index contributed by atoms with van der Waals surface area (Å²) in [6.45, 7) is 2.00. The fraction of sp³-hybridized carbons (Fsp3) is 0.632. The Hall–Kier alpha value is -1.77. The fourth-order valence-corrected chi connectivity index (χ4v) is 5.31. The molecule has 2 aromatic rings. The Balaban J connectivity index is 1.48. The lowest BCUT2D eigenvalue weighted by Crippen LogP contribution is -2.43. The van der Waals surface area contributed by atoms with E-state index in [9.17, 15) is 4.79 Å². The van der Waals surface area contributed by atoms with Crippen LogP contribution < -0.4 is 4.90 Å². The maximum absolute atomic E-state index is 13.2. The zero-order chi connectivity index (χ0) is 18.4. The van der Waals surface area contributed by atoms with E-state index in [0.717, 1.165) is 61.5 Å². The lowest BCUT2D eigenvalue weighted by Gasteiger charge is -2.25. The van der Waals surface area contributed by atoms with E-state index in [1.807, 2.05) is 22.8 Å². The van der Waals surface area contributed by atoms with Gasteiger partial charge in [0.05, 0.1) is 24.5 Å². The Morgan fingerprint density at radius 2 is 2.15 bits per heavy atom. The van der Waals surface area contributed by atoms with Crippen molar-refractivity contribution < 1.29 is 14.3 Å². The van der Waals surface area contributed by atoms with Crippen molar-refractivity contribution in [1.29, 1.82) is 0 Å². The number of fused-ring (bicyclic) bond motifs is 3. The molecule has 0 unspecified atom stereocenters. The number of anilines is 1. The molecule has 144 valence electrons. The maximum atomic E-state index is 13.2. The van der Waals surface area contributed by atoms with Crippen LogP contribution in [0, 0.1) is 0 Å². The van der Waals surface area contributed by atoms with Gasteiger partial charge in [-0.3, -0.25) is 14.4 Å². The number of carbonyl (C=O) groups is 1. The van der Waals surface area contributed by atoms with Gasteiger partial charge in [0, 0.05) is 36.4 Å². The Morgan fingerprint density at radius 1 is 1.30 bits per heavy atom. The molecule has 5 rings (SSSR count). The van der Waals surface area contributed by atoms with Crippen LogP contribution in [-0.2, 0) is 34.2 Å². The Morgan fingerprint density at radius 3 is 2.93 bits per heavy atom. The quantitative estimate of drug-likeness (QED) is 0.804. The van der Waals surface area contributed by atoms with Gasteiger partial charge < -0.3 is 9.47 Å². The van der Waals surface area contributed by atoms with Crippen LogP contribution in [0.25, 0.3) is 11.3 Å². The molecule has 1 aliphatic carbocycles. The van der Waals surface area contributed by atoms with Crippen LogP contribution in [-0.4, -0.2) is 52.6 Å². The summed E-state index contributed by atoms with van der Waals surface area (Å²) >= 11 is 1.63. The summed E-state index contributed by atoms with van der Waals surface area (Å²) < 4.78 is 13.4. The van der Waals surface area contributed by atoms with Crippen LogP contribution >= 0.6 is 11.3 Å². The third-order valence-corrected chi connectivity index (χ3v) is 6.84. The molecule has 0 spiro atoms. The Bertz CT molecular complexity index is 849. The Kier molecular flexibility index (Phi) is 4.49. The van der Waals surface area contributed by atoms with Crippen molar-refractivity contribution in [2.75, 3.05) is 24.7 Å². The first kappa shape index (κ1) is 17.3. The molecule has 2 aliphatic heterocycles. The second kappa shape index (κ2) is 7.00. The van der Waals surface area contributed by atoms with Crippen molar-refractivity contribution in [3.63, 3.8) is 0 Å². The molecule has 3 aliphatic rings. The number of aryl methyl sites for hydroxylation is 2. The zero-order valence-electron chi connectivity index (χ0n) is 15.5. The molecule has 4 heterocycles. The van der Waals surface area contributed by atoms with Crippen molar-refractivity contribution in [2.24, 2.45) is 7.05 Å². The molecule has 2 atom stereocenters. The summed E-state index contributed by atoms with van der Waals surface area (Å²) in [5.41, 5.74) is 3.31. The third kappa shape index (κ3) is 3.09. The summed E-state index contributed by atoms with van der Waals surface area (Å²) in [7, 11) is 1.97. The second-order valence-electron chi connectivity index (χ2n) is 7.48. The molecule has 0 radical (unpaired) electrons. The third-order valence-electron chi connectivity index (χ3n) is 5.70. The van der Waals surface area contributed by atoms with E-state index >= 15 is 0 Å². The normalized spacial score (nSPS) is 24.0. The molecule has 7 nitrogen and oxygen atoms in total. The smallest absolute Gasteiger partial charge is 0.257 e. The molecule has 1 amide bonds. The van der Waals surface area contributed by atoms with Gasteiger partial charge >= 0.3 is 0 Å². The van der Waals surface area contributed by atoms with Crippen LogP contribution in [0.2, 0.25) is 0 Å². The van der Waals surface area contributed by atoms with Crippen LogP contribution in [0.1, 0.15) is 36.3 Å². The molecule has 0 saturated carbocycles. The van der Waals surface area contributed by atoms with E-state index in [1.165, 1.54) is 10.6 Å². The molecule has 0 aromatic carbocycles. The van der Waals surface area contributed by atoms with Crippen molar-refractivity contribution in [1.82, 2.24) is 14.8 Å². The number of thiazole rings is 1. The van der Waals surface area contributed by atoms with Gasteiger partial charge in [-0.1, -0.05) is 0 Å². The summed E-state index contributed by atoms with van der Waals surface area (Å²) in [6, 6.07) is 0. The van der Waals surface area contributed by atoms with E-state index in [2.05, 4.69) is 5.10 Å². The summed E-state index contributed by atoms with van der Waals surface area (Å²) in [4.78, 5) is 21.2. The number of carbonyl (C=O) groups excluding carboxylic acids is 1. The van der Waals surface area contributed by atoms with Gasteiger partial charge in [-0.15, -0.1) is 11.3 Å². The first-order valence-corrected chi connectivity index (χ1v) is 10.6. The van der Waals surface area contributed by atoms with E-state index < -0.39 is 0 Å². The highest BCUT2D eigenvalue weighted by Crippen LogP contribution is 2.39. The molecule has 2 aromatic heterocycles. The Labute approximate surface area is 162 Å². The topological polar surface area (TPSA) is 69.5 Å². The largest absolute Gasteiger partial charge is 0.376 e. The molecule has 27 heavy (non-hydrogen) atoms. The number of ether oxygens (including phenoxy) is 2. The van der Waals surface area contributed by atoms with Crippen molar-refractivity contribution in [3.05, 3.63) is 16.8 Å². The molecular formula is C19H24N4O3S. The van der Waals surface area contributed by atoms with E-state index in [-0.39, 0.29) is 18.1 Å². The molecule has 2 fully saturated rings. The fourth-order valence-electron chi connectivity index (χ4n) is 4.22. The number of hydrogen-bond acceptors (Lipinski definition) is 6. The number of hydrogen-bond donors (Lipinski definition) is 0. The lowest BCUT2D eigenvalue weighted by atomic mass is 10.0. The number of nitrogens with zero attached hydrogens (tertiary/aromatic N) is 4. The minimum Gasteiger partial charge on any atom is -0.376 e. The van der Waals surface area contributed by atoms with E-state index in [4.69, 9.17) is 14.5 Å². The average Bonchev–Trinajstić information content (AvgIpc) is 3.45. The van der Waals surface area contributed by atoms with Crippen LogP contribution in [0.3, 0.4) is 0 Å². The SMILES string of the molecule is Cn1ncc2c1CCc1sc(N(C[C@@H]3CCCO3)C(=O)[C@H]3CCCO3)nc1-2. The molecule has 2 saturated heterocycles. The van der Waals surface area contributed by atoms with Gasteiger partial charge in [0.2, 0.25) is 0 Å². The van der Waals surface area contributed by atoms with E-state index in [0.29, 0.717) is 13.2 Å². The zero-order valence-corrected chi connectivity index (χ0v) is 16.3. The lowest BCUT2D eigenvalue weighted by molar-refractivity contribution is -0.127. The van der Waals surface area contributed by atoms with Crippen molar-refractivity contribution >= 4 is 22.4 Å². The predicted octanol–water partition coefficient (Wildman–Crippen LogP) is 2.33. The number of amides is 1. The maximum Gasteiger partial charge on any atom is 0.257 e. The van der Waals surface area contributed by atoms with Gasteiger partial charge in [-0.2, -0.15) is 5.10 Å². The van der Waals surface area contributed by atoms with Crippen LogP contribution in [0.5, 0.6) is 0 Å². The summed E-state index contributed by atoms with van der Waals surface area (Å²) in [5.74, 6) is 0.0282. The minimum absolute atomic E-state index is 0.0282. The summed E-state index contributed by atoms with van der Waals surface area (Å²) in [5, 5.41) is 5.16.